The van der Waals surface area contributed by atoms with Gasteiger partial charge in [-0.05, 0) is 25.0 Å². The van der Waals surface area contributed by atoms with Crippen molar-refractivity contribution in [3.05, 3.63) is 29.8 Å². The molecule has 1 aromatic carbocycles. The van der Waals surface area contributed by atoms with Gasteiger partial charge in [-0.3, -0.25) is 4.79 Å². The molecule has 0 aromatic heterocycles. The van der Waals surface area contributed by atoms with E-state index in [1.165, 1.54) is 17.3 Å². The second-order valence-corrected chi connectivity index (χ2v) is 4.98. The number of hydrogen-bond acceptors (Lipinski definition) is 2. The lowest BCUT2D eigenvalue weighted by Gasteiger charge is -2.06. The molecule has 0 atom stereocenters. The zero-order valence-corrected chi connectivity index (χ0v) is 10.2. The van der Waals surface area contributed by atoms with E-state index >= 15 is 0 Å². The average molecular weight is 223 g/mol. The van der Waals surface area contributed by atoms with Gasteiger partial charge in [-0.15, -0.1) is 0 Å². The molecule has 0 aliphatic carbocycles. The molecule has 0 unspecified atom stereocenters. The smallest absolute Gasteiger partial charge is 0.283 e. The highest BCUT2D eigenvalue weighted by molar-refractivity contribution is 8.13. The van der Waals surface area contributed by atoms with Gasteiger partial charge < -0.3 is 5.32 Å². The summed E-state index contributed by atoms with van der Waals surface area (Å²) in [7, 11) is 0. The van der Waals surface area contributed by atoms with Gasteiger partial charge in [-0.2, -0.15) is 0 Å². The van der Waals surface area contributed by atoms with Crippen LogP contribution in [-0.2, 0) is 0 Å². The van der Waals surface area contributed by atoms with Gasteiger partial charge in [0.05, 0.1) is 0 Å². The second kappa shape index (κ2) is 5.81. The Morgan fingerprint density at radius 2 is 1.93 bits per heavy atom. The molecule has 0 aliphatic rings. The van der Waals surface area contributed by atoms with E-state index < -0.39 is 0 Å². The highest BCUT2D eigenvalue weighted by Crippen LogP contribution is 2.14. The fourth-order valence-electron chi connectivity index (χ4n) is 1.03. The molecule has 1 aromatic rings. The Bertz CT molecular complexity index is 319. The van der Waals surface area contributed by atoms with Gasteiger partial charge in [0.15, 0.2) is 0 Å². The van der Waals surface area contributed by atoms with Gasteiger partial charge in [0.25, 0.3) is 5.24 Å². The minimum Gasteiger partial charge on any atom is -0.317 e. The van der Waals surface area contributed by atoms with E-state index in [4.69, 9.17) is 0 Å². The van der Waals surface area contributed by atoms with Crippen molar-refractivity contribution in [3.8, 4) is 0 Å². The van der Waals surface area contributed by atoms with Gasteiger partial charge in [-0.1, -0.05) is 43.3 Å². The molecule has 3 heteroatoms. The maximum absolute atomic E-state index is 11.5. The Kier molecular flexibility index (Phi) is 4.69. The molecule has 0 heterocycles. The topological polar surface area (TPSA) is 29.1 Å². The van der Waals surface area contributed by atoms with Crippen molar-refractivity contribution in [3.63, 3.8) is 0 Å². The Balaban J connectivity index is 2.41. The Morgan fingerprint density at radius 3 is 2.47 bits per heavy atom. The number of carbonyl (C=O) groups excluding carboxylic acids is 1. The zero-order valence-electron chi connectivity index (χ0n) is 9.41. The number of aryl methyl sites for hydroxylation is 1. The molecule has 0 aliphatic heterocycles. The first-order valence-corrected chi connectivity index (χ1v) is 6.07. The molecule has 1 amide bonds. The summed E-state index contributed by atoms with van der Waals surface area (Å²) in [4.78, 5) is 11.5. The molecular formula is C12H17NOS. The van der Waals surface area contributed by atoms with Crippen molar-refractivity contribution in [2.24, 2.45) is 5.92 Å². The molecule has 1 N–H and O–H groups in total. The number of amides is 1. The van der Waals surface area contributed by atoms with Crippen LogP contribution < -0.4 is 5.32 Å². The SMILES string of the molecule is Cc1ccc(NC(=O)SCC(C)C)cc1. The number of thioether (sulfide) groups is 1. The lowest BCUT2D eigenvalue weighted by molar-refractivity contribution is 0.269. The molecular weight excluding hydrogens is 206 g/mol. The van der Waals surface area contributed by atoms with E-state index in [0.29, 0.717) is 5.92 Å². The largest absolute Gasteiger partial charge is 0.317 e. The van der Waals surface area contributed by atoms with E-state index in [-0.39, 0.29) is 5.24 Å². The first-order valence-electron chi connectivity index (χ1n) is 5.08. The molecule has 0 saturated heterocycles. The summed E-state index contributed by atoms with van der Waals surface area (Å²) in [6.45, 7) is 6.23. The summed E-state index contributed by atoms with van der Waals surface area (Å²) in [5.41, 5.74) is 2.06. The van der Waals surface area contributed by atoms with Crippen molar-refractivity contribution in [2.75, 3.05) is 11.1 Å². The summed E-state index contributed by atoms with van der Waals surface area (Å²) in [5.74, 6) is 1.40. The average Bonchev–Trinajstić information content (AvgIpc) is 2.19. The predicted octanol–water partition coefficient (Wildman–Crippen LogP) is 3.92. The number of anilines is 1. The Hall–Kier alpha value is -0.960. The summed E-state index contributed by atoms with van der Waals surface area (Å²) in [6.07, 6.45) is 0. The highest BCUT2D eigenvalue weighted by atomic mass is 32.2. The van der Waals surface area contributed by atoms with Crippen LogP contribution in [-0.4, -0.2) is 11.0 Å². The van der Waals surface area contributed by atoms with Crippen LogP contribution >= 0.6 is 11.8 Å². The molecule has 0 saturated carbocycles. The number of benzene rings is 1. The van der Waals surface area contributed by atoms with Crippen LogP contribution in [0.2, 0.25) is 0 Å². The van der Waals surface area contributed by atoms with Crippen LogP contribution in [0.3, 0.4) is 0 Å². The van der Waals surface area contributed by atoms with Crippen LogP contribution in [0.4, 0.5) is 10.5 Å². The zero-order chi connectivity index (χ0) is 11.3. The van der Waals surface area contributed by atoms with Crippen molar-refractivity contribution in [2.45, 2.75) is 20.8 Å². The molecule has 0 radical (unpaired) electrons. The van der Waals surface area contributed by atoms with Gasteiger partial charge >= 0.3 is 0 Å². The summed E-state index contributed by atoms with van der Waals surface area (Å²) in [5, 5.41) is 2.87. The van der Waals surface area contributed by atoms with Gasteiger partial charge in [-0.25, -0.2) is 0 Å². The van der Waals surface area contributed by atoms with Crippen LogP contribution in [0, 0.1) is 12.8 Å². The van der Waals surface area contributed by atoms with E-state index in [1.807, 2.05) is 31.2 Å². The number of rotatable bonds is 3. The molecule has 15 heavy (non-hydrogen) atoms. The lowest BCUT2D eigenvalue weighted by Crippen LogP contribution is -2.07. The maximum atomic E-state index is 11.5. The number of nitrogens with one attached hydrogen (secondary N) is 1. The van der Waals surface area contributed by atoms with Gasteiger partial charge in [0.1, 0.15) is 0 Å². The van der Waals surface area contributed by atoms with E-state index in [9.17, 15) is 4.79 Å². The lowest BCUT2D eigenvalue weighted by atomic mass is 10.2. The molecule has 2 nitrogen and oxygen atoms in total. The normalized spacial score (nSPS) is 10.4. The van der Waals surface area contributed by atoms with Crippen LogP contribution in [0.1, 0.15) is 19.4 Å². The summed E-state index contributed by atoms with van der Waals surface area (Å²) < 4.78 is 0. The first-order chi connectivity index (χ1) is 7.08. The maximum Gasteiger partial charge on any atom is 0.283 e. The van der Waals surface area contributed by atoms with Crippen LogP contribution in [0.15, 0.2) is 24.3 Å². The third-order valence-corrected chi connectivity index (χ3v) is 3.04. The van der Waals surface area contributed by atoms with Crippen molar-refractivity contribution >= 4 is 22.7 Å². The number of carbonyl (C=O) groups is 1. The quantitative estimate of drug-likeness (QED) is 0.841. The van der Waals surface area contributed by atoms with Crippen molar-refractivity contribution in [1.29, 1.82) is 0 Å². The van der Waals surface area contributed by atoms with Gasteiger partial charge in [0, 0.05) is 11.4 Å². The Morgan fingerprint density at radius 1 is 1.33 bits per heavy atom. The summed E-state index contributed by atoms with van der Waals surface area (Å²) in [6, 6.07) is 7.82. The van der Waals surface area contributed by atoms with Crippen molar-refractivity contribution < 1.29 is 4.79 Å². The predicted molar refractivity (Wildman–Crippen MR) is 67.5 cm³/mol. The minimum absolute atomic E-state index is 0.0209. The summed E-state index contributed by atoms with van der Waals surface area (Å²) >= 11 is 1.33. The fourth-order valence-corrected chi connectivity index (χ4v) is 1.71. The van der Waals surface area contributed by atoms with Crippen LogP contribution in [0.25, 0.3) is 0 Å². The van der Waals surface area contributed by atoms with Crippen molar-refractivity contribution in [1.82, 2.24) is 0 Å². The third kappa shape index (κ3) is 4.88. The molecule has 0 fully saturated rings. The first kappa shape index (κ1) is 12.1. The molecule has 0 spiro atoms. The van der Waals surface area contributed by atoms with Crippen LogP contribution in [0.5, 0.6) is 0 Å². The molecule has 0 bridgehead atoms. The monoisotopic (exact) mass is 223 g/mol. The second-order valence-electron chi connectivity index (χ2n) is 3.98. The molecule has 82 valence electrons. The van der Waals surface area contributed by atoms with E-state index in [1.54, 1.807) is 0 Å². The Labute approximate surface area is 95.5 Å². The third-order valence-electron chi connectivity index (χ3n) is 1.85. The van der Waals surface area contributed by atoms with Gasteiger partial charge in [0.2, 0.25) is 0 Å². The fraction of sp³-hybridized carbons (Fsp3) is 0.417. The van der Waals surface area contributed by atoms with E-state index in [0.717, 1.165) is 11.4 Å². The standard InChI is InChI=1S/C12H17NOS/c1-9(2)8-15-12(14)13-11-6-4-10(3)5-7-11/h4-7,9H,8H2,1-3H3,(H,13,14). The highest BCUT2D eigenvalue weighted by Gasteiger charge is 2.04. The van der Waals surface area contributed by atoms with E-state index in [2.05, 4.69) is 19.2 Å². The molecule has 1 rings (SSSR count). The minimum atomic E-state index is 0.0209. The number of hydrogen-bond donors (Lipinski definition) is 1.